The molecular formula is C8H13N3O. The molecule has 0 atom stereocenters. The Kier molecular flexibility index (Phi) is 2.47. The van der Waals surface area contributed by atoms with Gasteiger partial charge in [-0.2, -0.15) is 5.10 Å². The number of hydrogen-bond donors (Lipinski definition) is 1. The van der Waals surface area contributed by atoms with Crippen LogP contribution in [-0.4, -0.2) is 21.2 Å². The molecule has 0 saturated carbocycles. The third-order valence-corrected chi connectivity index (χ3v) is 1.69. The van der Waals surface area contributed by atoms with Crippen molar-refractivity contribution in [2.24, 2.45) is 12.2 Å². The maximum atomic E-state index is 8.36. The molecule has 0 spiro atoms. The van der Waals surface area contributed by atoms with Gasteiger partial charge in [-0.15, -0.1) is 0 Å². The Balaban J connectivity index is 3.08. The second-order valence-corrected chi connectivity index (χ2v) is 3.04. The third kappa shape index (κ3) is 1.64. The van der Waals surface area contributed by atoms with E-state index in [1.165, 1.54) is 6.21 Å². The summed E-state index contributed by atoms with van der Waals surface area (Å²) >= 11 is 0. The number of rotatable bonds is 2. The fourth-order valence-electron chi connectivity index (χ4n) is 1.12. The molecular weight excluding hydrogens is 154 g/mol. The molecule has 1 rings (SSSR count). The summed E-state index contributed by atoms with van der Waals surface area (Å²) in [7, 11) is 1.85. The van der Waals surface area contributed by atoms with Gasteiger partial charge in [0.2, 0.25) is 0 Å². The molecule has 0 bridgehead atoms. The number of aromatic nitrogens is 2. The molecule has 4 nitrogen and oxygen atoms in total. The largest absolute Gasteiger partial charge is 0.411 e. The molecule has 66 valence electrons. The molecule has 0 aliphatic rings. The summed E-state index contributed by atoms with van der Waals surface area (Å²) in [5.74, 6) is 0.395. The summed E-state index contributed by atoms with van der Waals surface area (Å²) in [6, 6.07) is 0. The van der Waals surface area contributed by atoms with Crippen LogP contribution in [0.2, 0.25) is 0 Å². The summed E-state index contributed by atoms with van der Waals surface area (Å²) in [5.41, 5.74) is 1.82. The minimum absolute atomic E-state index is 0.395. The lowest BCUT2D eigenvalue weighted by Gasteiger charge is -1.99. The van der Waals surface area contributed by atoms with E-state index in [-0.39, 0.29) is 0 Å². The Labute approximate surface area is 71.5 Å². The molecule has 1 N–H and O–H groups in total. The second-order valence-electron chi connectivity index (χ2n) is 3.04. The van der Waals surface area contributed by atoms with Crippen LogP contribution in [0, 0.1) is 0 Å². The minimum atomic E-state index is 0.395. The van der Waals surface area contributed by atoms with E-state index in [1.54, 1.807) is 4.68 Å². The van der Waals surface area contributed by atoms with Gasteiger partial charge in [-0.05, 0) is 5.92 Å². The van der Waals surface area contributed by atoms with Gasteiger partial charge in [0.15, 0.2) is 0 Å². The SMILES string of the molecule is CC(C)c1cn(C)nc1C=NO. The summed E-state index contributed by atoms with van der Waals surface area (Å²) in [6.07, 6.45) is 3.29. The lowest BCUT2D eigenvalue weighted by molar-refractivity contribution is 0.321. The molecule has 0 amide bonds. The first-order chi connectivity index (χ1) is 5.65. The van der Waals surface area contributed by atoms with E-state index < -0.39 is 0 Å². The summed E-state index contributed by atoms with van der Waals surface area (Å²) in [5, 5.41) is 15.4. The minimum Gasteiger partial charge on any atom is -0.411 e. The monoisotopic (exact) mass is 167 g/mol. The van der Waals surface area contributed by atoms with Crippen molar-refractivity contribution in [2.45, 2.75) is 19.8 Å². The van der Waals surface area contributed by atoms with E-state index in [4.69, 9.17) is 5.21 Å². The molecule has 0 aliphatic heterocycles. The number of oxime groups is 1. The Morgan fingerprint density at radius 3 is 2.83 bits per heavy atom. The first-order valence-electron chi connectivity index (χ1n) is 3.86. The van der Waals surface area contributed by atoms with Crippen LogP contribution in [0.1, 0.15) is 31.0 Å². The maximum Gasteiger partial charge on any atom is 0.110 e. The molecule has 0 unspecified atom stereocenters. The van der Waals surface area contributed by atoms with Gasteiger partial charge in [0.05, 0.1) is 6.21 Å². The quantitative estimate of drug-likeness (QED) is 0.410. The van der Waals surface area contributed by atoms with Crippen LogP contribution in [0.25, 0.3) is 0 Å². The van der Waals surface area contributed by atoms with Crippen molar-refractivity contribution in [3.8, 4) is 0 Å². The first-order valence-corrected chi connectivity index (χ1v) is 3.86. The maximum absolute atomic E-state index is 8.36. The van der Waals surface area contributed by atoms with Gasteiger partial charge in [-0.25, -0.2) is 0 Å². The molecule has 4 heteroatoms. The van der Waals surface area contributed by atoms with Crippen molar-refractivity contribution in [3.63, 3.8) is 0 Å². The zero-order chi connectivity index (χ0) is 9.14. The molecule has 1 aromatic heterocycles. The summed E-state index contributed by atoms with van der Waals surface area (Å²) in [4.78, 5) is 0. The normalized spacial score (nSPS) is 11.7. The number of hydrogen-bond acceptors (Lipinski definition) is 3. The van der Waals surface area contributed by atoms with Gasteiger partial charge in [0.25, 0.3) is 0 Å². The predicted octanol–water partition coefficient (Wildman–Crippen LogP) is 1.35. The molecule has 1 aromatic rings. The van der Waals surface area contributed by atoms with Crippen LogP contribution >= 0.6 is 0 Å². The third-order valence-electron chi connectivity index (χ3n) is 1.69. The number of aryl methyl sites for hydroxylation is 1. The van der Waals surface area contributed by atoms with Crippen molar-refractivity contribution < 1.29 is 5.21 Å². The van der Waals surface area contributed by atoms with E-state index in [0.29, 0.717) is 5.92 Å². The first kappa shape index (κ1) is 8.77. The molecule has 1 heterocycles. The highest BCUT2D eigenvalue weighted by Gasteiger charge is 2.08. The van der Waals surface area contributed by atoms with Crippen molar-refractivity contribution in [1.29, 1.82) is 0 Å². The van der Waals surface area contributed by atoms with Crippen LogP contribution in [0.4, 0.5) is 0 Å². The lowest BCUT2D eigenvalue weighted by Crippen LogP contribution is -1.92. The van der Waals surface area contributed by atoms with Crippen LogP contribution < -0.4 is 0 Å². The van der Waals surface area contributed by atoms with Gasteiger partial charge >= 0.3 is 0 Å². The smallest absolute Gasteiger partial charge is 0.110 e. The molecule has 12 heavy (non-hydrogen) atoms. The van der Waals surface area contributed by atoms with Crippen LogP contribution in [0.15, 0.2) is 11.4 Å². The lowest BCUT2D eigenvalue weighted by atomic mass is 10.1. The summed E-state index contributed by atoms with van der Waals surface area (Å²) in [6.45, 7) is 4.15. The Bertz CT molecular complexity index is 288. The van der Waals surface area contributed by atoms with Gasteiger partial charge in [0, 0.05) is 18.8 Å². The van der Waals surface area contributed by atoms with Crippen molar-refractivity contribution >= 4 is 6.21 Å². The van der Waals surface area contributed by atoms with Crippen molar-refractivity contribution in [2.75, 3.05) is 0 Å². The van der Waals surface area contributed by atoms with E-state index >= 15 is 0 Å². The Hall–Kier alpha value is -1.32. The fraction of sp³-hybridized carbons (Fsp3) is 0.500. The highest BCUT2D eigenvalue weighted by Crippen LogP contribution is 2.16. The van der Waals surface area contributed by atoms with Crippen LogP contribution in [0.3, 0.4) is 0 Å². The van der Waals surface area contributed by atoms with Gasteiger partial charge < -0.3 is 5.21 Å². The molecule has 0 saturated heterocycles. The average molecular weight is 167 g/mol. The molecule has 0 aliphatic carbocycles. The predicted molar refractivity (Wildman–Crippen MR) is 46.7 cm³/mol. The molecule has 0 radical (unpaired) electrons. The molecule has 0 fully saturated rings. The van der Waals surface area contributed by atoms with Crippen molar-refractivity contribution in [1.82, 2.24) is 9.78 Å². The van der Waals surface area contributed by atoms with Gasteiger partial charge in [0.1, 0.15) is 5.69 Å². The zero-order valence-corrected chi connectivity index (χ0v) is 7.52. The van der Waals surface area contributed by atoms with Crippen LogP contribution in [-0.2, 0) is 7.05 Å². The van der Waals surface area contributed by atoms with E-state index in [2.05, 4.69) is 24.1 Å². The molecule has 0 aromatic carbocycles. The zero-order valence-electron chi connectivity index (χ0n) is 7.52. The van der Waals surface area contributed by atoms with E-state index in [0.717, 1.165) is 11.3 Å². The fourth-order valence-corrected chi connectivity index (χ4v) is 1.12. The average Bonchev–Trinajstić information content (AvgIpc) is 2.32. The highest BCUT2D eigenvalue weighted by atomic mass is 16.4. The van der Waals surface area contributed by atoms with E-state index in [9.17, 15) is 0 Å². The summed E-state index contributed by atoms with van der Waals surface area (Å²) < 4.78 is 1.71. The highest BCUT2D eigenvalue weighted by molar-refractivity contribution is 5.78. The number of nitrogens with zero attached hydrogens (tertiary/aromatic N) is 3. The topological polar surface area (TPSA) is 50.4 Å². The van der Waals surface area contributed by atoms with Crippen molar-refractivity contribution in [3.05, 3.63) is 17.5 Å². The van der Waals surface area contributed by atoms with Gasteiger partial charge in [-0.1, -0.05) is 19.0 Å². The second kappa shape index (κ2) is 3.38. The van der Waals surface area contributed by atoms with Gasteiger partial charge in [-0.3, -0.25) is 4.68 Å². The van der Waals surface area contributed by atoms with Crippen LogP contribution in [0.5, 0.6) is 0 Å². The Morgan fingerprint density at radius 2 is 2.33 bits per heavy atom. The Morgan fingerprint density at radius 1 is 1.67 bits per heavy atom. The standard InChI is InChI=1S/C8H13N3O/c1-6(2)7-5-11(3)10-8(7)4-9-12/h4-6,12H,1-3H3. The van der Waals surface area contributed by atoms with E-state index in [1.807, 2.05) is 13.2 Å².